The molecule has 0 spiro atoms. The number of aromatic hydroxyl groups is 6. The second-order valence-electron chi connectivity index (χ2n) is 22.6. The van der Waals surface area contributed by atoms with Gasteiger partial charge in [0.05, 0.1) is 32.0 Å². The fourth-order valence-electron chi connectivity index (χ4n) is 9.91. The normalized spacial score (nSPS) is 13.4. The van der Waals surface area contributed by atoms with Gasteiger partial charge in [-0.3, -0.25) is 46.5 Å². The number of nitro groups is 1. The van der Waals surface area contributed by atoms with E-state index < -0.39 is 260 Å². The van der Waals surface area contributed by atoms with E-state index in [9.17, 15) is 153 Å². The molecule has 0 aliphatic carbocycles. The van der Waals surface area contributed by atoms with Gasteiger partial charge < -0.3 is 44.7 Å². The first-order valence-corrected chi connectivity index (χ1v) is 42.5. The highest BCUT2D eigenvalue weighted by Gasteiger charge is 2.33. The van der Waals surface area contributed by atoms with E-state index in [0.29, 0.717) is 66.7 Å². The molecule has 0 bridgehead atoms. The van der Waals surface area contributed by atoms with Crippen LogP contribution in [0.15, 0.2) is 239 Å². The van der Waals surface area contributed by atoms with Crippen LogP contribution >= 0.6 is 0 Å². The molecule has 116 heavy (non-hydrogen) atoms. The number of nitro benzene ring substituents is 1. The predicted octanol–water partition coefficient (Wildman–Crippen LogP) is 11.6. The van der Waals surface area contributed by atoms with E-state index in [2.05, 4.69) is 61.4 Å². The SMILES string of the molecule is O=[N+]([O-])c1ccc(N=Nc2c(S(=O)(=O)O)cc3cc(S(=O)(=O)O)c(N=Nc4ccc(N=Nc5ccc(OCCOc6ccc(N=Nc7ccc(N=Nc8c(S(=O)(=O)O)cc9cc(S(=O)(=O)O)c(N=Nc%10ccc(S(=O)O)cc%10S(=O)(=O)O)c(O)c9c8O)c(S(=O)(=O)O)c7)c(O)c6)cc5O)cc4S(=O)(=O)O)c(O)c3c2O)c(S(=O)(=O)O)c1. The Morgan fingerprint density at radius 1 is 0.319 bits per heavy atom. The van der Waals surface area contributed by atoms with Crippen LogP contribution in [0.25, 0.3) is 21.5 Å². The zero-order valence-corrected chi connectivity index (χ0v) is 63.2. The Bertz CT molecular complexity index is 6700. The summed E-state index contributed by atoms with van der Waals surface area (Å²) in [6.07, 6.45) is 0. The minimum Gasteiger partial charge on any atom is -0.505 e. The Morgan fingerprint density at radius 2 is 0.586 bits per heavy atom. The van der Waals surface area contributed by atoms with Gasteiger partial charge in [-0.05, 0) is 120 Å². The van der Waals surface area contributed by atoms with Crippen molar-refractivity contribution in [1.82, 2.24) is 0 Å². The van der Waals surface area contributed by atoms with Gasteiger partial charge in [-0.1, -0.05) is 0 Å². The van der Waals surface area contributed by atoms with Gasteiger partial charge in [0.2, 0.25) is 0 Å². The summed E-state index contributed by atoms with van der Waals surface area (Å²) in [6.45, 7) is -0.512. The second kappa shape index (κ2) is 32.1. The van der Waals surface area contributed by atoms with E-state index in [-0.39, 0.29) is 36.1 Å². The lowest BCUT2D eigenvalue weighted by Crippen LogP contribution is -2.08. The molecular weight excluding hydrogens is 1740 g/mol. The van der Waals surface area contributed by atoms with Gasteiger partial charge in [0.25, 0.3) is 86.6 Å². The van der Waals surface area contributed by atoms with Crippen molar-refractivity contribution in [2.45, 2.75) is 44.1 Å². The quantitative estimate of drug-likeness (QED) is 0.00568. The third kappa shape index (κ3) is 19.3. The van der Waals surface area contributed by atoms with Crippen molar-refractivity contribution < 1.29 is 158 Å². The lowest BCUT2D eigenvalue weighted by molar-refractivity contribution is -0.385. The third-order valence-electron chi connectivity index (χ3n) is 15.0. The Kier molecular flexibility index (Phi) is 23.7. The number of fused-ring (bicyclic) bond motifs is 2. The van der Waals surface area contributed by atoms with Gasteiger partial charge in [-0.25, -0.2) is 4.21 Å². The predicted molar refractivity (Wildman–Crippen MR) is 387 cm³/mol. The average Bonchev–Trinajstić information content (AvgIpc) is 0.741. The maximum Gasteiger partial charge on any atom is 0.297 e. The number of hydrogen-bond donors (Lipinski definition) is 15. The smallest absolute Gasteiger partial charge is 0.297 e. The number of nitrogens with zero attached hydrogens (tertiary/aromatic N) is 13. The Labute approximate surface area is 649 Å². The molecule has 58 heteroatoms. The molecule has 0 amide bonds. The molecule has 0 fully saturated rings. The monoisotopic (exact) mass is 1780 g/mol. The number of phenols is 6. The summed E-state index contributed by atoms with van der Waals surface area (Å²) in [5.41, 5.74) is -11.2. The molecule has 0 radical (unpaired) electrons. The molecule has 10 aromatic carbocycles. The van der Waals surface area contributed by atoms with E-state index in [1.807, 2.05) is 0 Å². The maximum absolute atomic E-state index is 12.7. The van der Waals surface area contributed by atoms with Crippen molar-refractivity contribution in [3.05, 3.63) is 144 Å². The molecule has 0 saturated heterocycles. The first-order chi connectivity index (χ1) is 53.7. The number of non-ortho nitro benzene ring substituents is 1. The lowest BCUT2D eigenvalue weighted by atomic mass is 10.1. The molecule has 608 valence electrons. The fraction of sp³-hybridized carbons (Fsp3) is 0.0345. The molecule has 1 atom stereocenters. The number of hydrogen-bond acceptors (Lipinski definition) is 39. The molecule has 0 saturated carbocycles. The zero-order chi connectivity index (χ0) is 85.7. The zero-order valence-electron chi connectivity index (χ0n) is 55.9. The summed E-state index contributed by atoms with van der Waals surface area (Å²) in [5, 5.41) is 118. The highest BCUT2D eigenvalue weighted by Crippen LogP contribution is 2.53. The van der Waals surface area contributed by atoms with Gasteiger partial charge in [0.15, 0.2) is 34.1 Å². The van der Waals surface area contributed by atoms with E-state index in [4.69, 9.17) is 9.47 Å². The molecule has 0 aliphatic heterocycles. The molecular formula is C58H41N13O36S9. The summed E-state index contributed by atoms with van der Waals surface area (Å²) < 4.78 is 312. The van der Waals surface area contributed by atoms with E-state index in [1.54, 1.807) is 0 Å². The minimum absolute atomic E-state index is 0.0114. The van der Waals surface area contributed by atoms with E-state index in [1.165, 1.54) is 12.1 Å². The molecule has 15 N–H and O–H groups in total. The minimum atomic E-state index is -5.62. The molecule has 0 heterocycles. The molecule has 49 nitrogen and oxygen atoms in total. The summed E-state index contributed by atoms with van der Waals surface area (Å²) >= 11 is -2.83. The standard InChI is InChI=1S/C58H41N13O36S9/c72-39-22-30(4-10-33(39)61-59-27-1-7-35(41(19-27)109(82,83)84)63-67-51-45(113(94,95)96)15-25-17-47(115(100,101)102)53(57(76)49(25)55(51)74)69-65-37-9-3-29(71(78)79)21-43(37)111(88,89)90)106-13-14-107-31-5-11-34(40(73)23-31)62-60-28-2-8-36(42(20-28)110(85,86)87)64-68-52-46(114(97,98)99)16-26-18-48(116(103,104)105)54(58(77)50(26)56(52)75)70-66-38-12-6-32(108(80)81)24-44(38)112(91,92)93/h1-12,15-24,72-77H,13-14H2,(H,80,81)(H,82,83,84)(H,85,86,87)(H,88,89,90)(H,91,92,93)(H,94,95,96)(H,97,98,99)(H,100,101,102)(H,103,104,105). The van der Waals surface area contributed by atoms with Gasteiger partial charge >= 0.3 is 0 Å². The average molecular weight is 1780 g/mol. The molecule has 10 aromatic rings. The van der Waals surface area contributed by atoms with E-state index in [0.717, 1.165) is 54.6 Å². The van der Waals surface area contributed by atoms with Crippen molar-refractivity contribution in [3.8, 4) is 46.0 Å². The third-order valence-corrected chi connectivity index (χ3v) is 22.6. The van der Waals surface area contributed by atoms with Crippen LogP contribution in [0.4, 0.5) is 73.9 Å². The first kappa shape index (κ1) is 85.9. The Hall–Kier alpha value is -12.5. The fourth-order valence-corrected chi connectivity index (χ4v) is 15.6. The van der Waals surface area contributed by atoms with Crippen molar-refractivity contribution in [2.24, 2.45) is 61.4 Å². The van der Waals surface area contributed by atoms with Crippen LogP contribution in [0.3, 0.4) is 0 Å². The van der Waals surface area contributed by atoms with Gasteiger partial charge in [-0.15, -0.1) is 51.1 Å². The van der Waals surface area contributed by atoms with Crippen LogP contribution in [0.2, 0.25) is 0 Å². The van der Waals surface area contributed by atoms with Crippen molar-refractivity contribution in [2.75, 3.05) is 13.2 Å². The summed E-state index contributed by atoms with van der Waals surface area (Å²) in [4.78, 5) is -0.900. The number of rotatable bonds is 27. The van der Waals surface area contributed by atoms with Gasteiger partial charge in [-0.2, -0.15) is 77.6 Å². The number of phenolic OH excluding ortho intramolecular Hbond substituents is 6. The van der Waals surface area contributed by atoms with Gasteiger partial charge in [0.1, 0.15) is 132 Å². The molecule has 10 rings (SSSR count). The number of azo groups is 6. The molecule has 0 aromatic heterocycles. The Balaban J connectivity index is 0.820. The van der Waals surface area contributed by atoms with Crippen LogP contribution in [0, 0.1) is 10.1 Å². The van der Waals surface area contributed by atoms with Crippen molar-refractivity contribution >= 4 is 188 Å². The molecule has 0 aliphatic rings. The van der Waals surface area contributed by atoms with Gasteiger partial charge in [0, 0.05) is 24.3 Å². The largest absolute Gasteiger partial charge is 0.505 e. The number of ether oxygens (including phenoxy) is 2. The number of benzene rings is 10. The molecule has 1 unspecified atom stereocenters. The highest BCUT2D eigenvalue weighted by atomic mass is 32.3. The lowest BCUT2D eigenvalue weighted by Gasteiger charge is -2.13. The first-order valence-electron chi connectivity index (χ1n) is 29.9. The van der Waals surface area contributed by atoms with Crippen LogP contribution in [0.1, 0.15) is 0 Å². The second-order valence-corrected chi connectivity index (χ2v) is 34.7. The van der Waals surface area contributed by atoms with E-state index >= 15 is 0 Å². The van der Waals surface area contributed by atoms with Crippen LogP contribution in [-0.4, -0.2) is 161 Å². The summed E-state index contributed by atoms with van der Waals surface area (Å²) in [6, 6.07) is 16.7. The van der Waals surface area contributed by atoms with Crippen molar-refractivity contribution in [1.29, 1.82) is 0 Å². The Morgan fingerprint density at radius 3 is 0.871 bits per heavy atom. The summed E-state index contributed by atoms with van der Waals surface area (Å²) in [7, 11) is -43.8. The maximum atomic E-state index is 12.7. The highest BCUT2D eigenvalue weighted by molar-refractivity contribution is 7.88. The van der Waals surface area contributed by atoms with Crippen LogP contribution < -0.4 is 9.47 Å². The van der Waals surface area contributed by atoms with Crippen LogP contribution in [-0.2, 0) is 92.0 Å². The topological polar surface area (TPSA) is 804 Å². The summed E-state index contributed by atoms with van der Waals surface area (Å²) in [5.74, 6) is -7.29. The van der Waals surface area contributed by atoms with Crippen molar-refractivity contribution in [3.63, 3.8) is 0 Å². The van der Waals surface area contributed by atoms with Crippen LogP contribution in [0.5, 0.6) is 46.0 Å².